The predicted molar refractivity (Wildman–Crippen MR) is 87.9 cm³/mol. The molecule has 1 aliphatic rings. The van der Waals surface area contributed by atoms with Crippen molar-refractivity contribution in [1.29, 1.82) is 0 Å². The van der Waals surface area contributed by atoms with Crippen molar-refractivity contribution in [3.8, 4) is 5.75 Å². The Labute approximate surface area is 133 Å². The van der Waals surface area contributed by atoms with Crippen LogP contribution < -0.4 is 4.74 Å². The number of rotatable bonds is 3. The Morgan fingerprint density at radius 3 is 2.14 bits per heavy atom. The van der Waals surface area contributed by atoms with Crippen LogP contribution in [-0.4, -0.2) is 57.0 Å². The number of ether oxygens (including phenoxy) is 1. The molecule has 124 valence electrons. The van der Waals surface area contributed by atoms with E-state index in [4.69, 9.17) is 4.74 Å². The normalized spacial score (nSPS) is 24.5. The van der Waals surface area contributed by atoms with Gasteiger partial charge in [0.05, 0.1) is 12.0 Å². The summed E-state index contributed by atoms with van der Waals surface area (Å²) in [6.45, 7) is 8.85. The van der Waals surface area contributed by atoms with Crippen LogP contribution in [0.4, 0.5) is 0 Å². The van der Waals surface area contributed by atoms with Crippen molar-refractivity contribution in [2.75, 3.05) is 27.2 Å². The molecule has 0 N–H and O–H groups in total. The van der Waals surface area contributed by atoms with Crippen molar-refractivity contribution in [3.05, 3.63) is 23.3 Å². The van der Waals surface area contributed by atoms with Crippen LogP contribution in [-0.2, 0) is 10.0 Å². The molecule has 5 nitrogen and oxygen atoms in total. The molecule has 22 heavy (non-hydrogen) atoms. The van der Waals surface area contributed by atoms with Gasteiger partial charge in [0, 0.05) is 25.2 Å². The van der Waals surface area contributed by atoms with Gasteiger partial charge in [-0.2, -0.15) is 4.31 Å². The predicted octanol–water partition coefficient (Wildman–Crippen LogP) is 2.03. The molecule has 0 aliphatic carbocycles. The summed E-state index contributed by atoms with van der Waals surface area (Å²) in [4.78, 5) is 2.60. The van der Waals surface area contributed by atoms with Crippen molar-refractivity contribution < 1.29 is 13.2 Å². The Morgan fingerprint density at radius 2 is 1.64 bits per heavy atom. The van der Waals surface area contributed by atoms with Gasteiger partial charge in [-0.1, -0.05) is 0 Å². The first-order chi connectivity index (χ1) is 10.2. The van der Waals surface area contributed by atoms with E-state index in [1.54, 1.807) is 23.5 Å². The van der Waals surface area contributed by atoms with E-state index in [1.807, 2.05) is 20.9 Å². The molecule has 0 radical (unpaired) electrons. The lowest BCUT2D eigenvalue weighted by atomic mass is 10.1. The molecule has 0 saturated carbocycles. The van der Waals surface area contributed by atoms with Gasteiger partial charge in [-0.05, 0) is 58.0 Å². The van der Waals surface area contributed by atoms with Crippen LogP contribution in [0.15, 0.2) is 17.0 Å². The Balaban J connectivity index is 2.41. The minimum absolute atomic E-state index is 0.207. The molecule has 1 aromatic rings. The summed E-state index contributed by atoms with van der Waals surface area (Å²) in [5.74, 6) is 0.719. The molecule has 0 bridgehead atoms. The van der Waals surface area contributed by atoms with E-state index in [0.29, 0.717) is 18.0 Å². The van der Waals surface area contributed by atoms with E-state index in [9.17, 15) is 8.42 Å². The van der Waals surface area contributed by atoms with Gasteiger partial charge < -0.3 is 4.74 Å². The Kier molecular flexibility index (Phi) is 4.84. The highest BCUT2D eigenvalue weighted by atomic mass is 32.2. The largest absolute Gasteiger partial charge is 0.496 e. The molecule has 1 fully saturated rings. The molecular formula is C16H26N2O3S. The number of aryl methyl sites for hydroxylation is 2. The van der Waals surface area contributed by atoms with E-state index >= 15 is 0 Å². The number of benzene rings is 1. The smallest absolute Gasteiger partial charge is 0.243 e. The zero-order valence-electron chi connectivity index (χ0n) is 14.3. The maximum absolute atomic E-state index is 13.0. The highest BCUT2D eigenvalue weighted by molar-refractivity contribution is 7.89. The van der Waals surface area contributed by atoms with Crippen molar-refractivity contribution in [1.82, 2.24) is 9.21 Å². The van der Waals surface area contributed by atoms with E-state index in [1.165, 1.54) is 0 Å². The SMILES string of the molecule is COc1cc(C)c(S(=O)(=O)N2CC(C)N(C)C(C)C2)cc1C. The minimum Gasteiger partial charge on any atom is -0.496 e. The van der Waals surface area contributed by atoms with Gasteiger partial charge in [0.25, 0.3) is 0 Å². The number of hydrogen-bond donors (Lipinski definition) is 0. The standard InChI is InChI=1S/C16H26N2O3S/c1-11-8-16(12(2)7-15(11)21-6)22(19,20)18-9-13(3)17(5)14(4)10-18/h7-8,13-14H,9-10H2,1-6H3. The molecule has 0 spiro atoms. The number of methoxy groups -OCH3 is 1. The van der Waals surface area contributed by atoms with Crippen molar-refractivity contribution in [3.63, 3.8) is 0 Å². The molecule has 1 aliphatic heterocycles. The molecule has 1 heterocycles. The van der Waals surface area contributed by atoms with E-state index in [2.05, 4.69) is 18.7 Å². The van der Waals surface area contributed by atoms with Crippen molar-refractivity contribution in [2.24, 2.45) is 0 Å². The minimum atomic E-state index is -3.48. The average Bonchev–Trinajstić information content (AvgIpc) is 2.45. The molecule has 0 amide bonds. The molecule has 6 heteroatoms. The van der Waals surface area contributed by atoms with Gasteiger partial charge >= 0.3 is 0 Å². The summed E-state index contributed by atoms with van der Waals surface area (Å²) in [7, 11) is 0.162. The summed E-state index contributed by atoms with van der Waals surface area (Å²) in [5.41, 5.74) is 1.56. The first-order valence-electron chi connectivity index (χ1n) is 7.55. The zero-order valence-corrected chi connectivity index (χ0v) is 15.1. The second-order valence-corrected chi connectivity index (χ2v) is 8.18. The van der Waals surface area contributed by atoms with Crippen LogP contribution >= 0.6 is 0 Å². The second-order valence-electron chi connectivity index (χ2n) is 6.27. The Morgan fingerprint density at radius 1 is 1.09 bits per heavy atom. The van der Waals surface area contributed by atoms with Crippen LogP contribution in [0, 0.1) is 13.8 Å². The van der Waals surface area contributed by atoms with Crippen LogP contribution in [0.2, 0.25) is 0 Å². The third-order valence-corrected chi connectivity index (χ3v) is 6.61. The van der Waals surface area contributed by atoms with Crippen molar-refractivity contribution >= 4 is 10.0 Å². The second kappa shape index (κ2) is 6.18. The fraction of sp³-hybridized carbons (Fsp3) is 0.625. The summed E-state index contributed by atoms with van der Waals surface area (Å²) in [6.07, 6.45) is 0. The summed E-state index contributed by atoms with van der Waals surface area (Å²) in [5, 5.41) is 0. The van der Waals surface area contributed by atoms with Gasteiger partial charge in [-0.3, -0.25) is 4.90 Å². The quantitative estimate of drug-likeness (QED) is 0.853. The number of likely N-dealkylation sites (N-methyl/N-ethyl adjacent to an activating group) is 1. The van der Waals surface area contributed by atoms with E-state index in [-0.39, 0.29) is 12.1 Å². The molecule has 2 atom stereocenters. The lowest BCUT2D eigenvalue weighted by molar-refractivity contribution is 0.105. The molecule has 1 aromatic carbocycles. The molecule has 2 unspecified atom stereocenters. The maximum Gasteiger partial charge on any atom is 0.243 e. The lowest BCUT2D eigenvalue weighted by Gasteiger charge is -2.41. The van der Waals surface area contributed by atoms with Gasteiger partial charge in [0.2, 0.25) is 10.0 Å². The van der Waals surface area contributed by atoms with Crippen LogP contribution in [0.25, 0.3) is 0 Å². The fourth-order valence-electron chi connectivity index (χ4n) is 2.95. The average molecular weight is 326 g/mol. The first-order valence-corrected chi connectivity index (χ1v) is 8.99. The molecule has 0 aromatic heterocycles. The van der Waals surface area contributed by atoms with Gasteiger partial charge in [-0.25, -0.2) is 8.42 Å². The van der Waals surface area contributed by atoms with Gasteiger partial charge in [0.15, 0.2) is 0 Å². The highest BCUT2D eigenvalue weighted by Gasteiger charge is 2.35. The zero-order chi connectivity index (χ0) is 16.7. The fourth-order valence-corrected chi connectivity index (χ4v) is 4.85. The van der Waals surface area contributed by atoms with Gasteiger partial charge in [0.1, 0.15) is 5.75 Å². The third-order valence-electron chi connectivity index (χ3n) is 4.64. The number of sulfonamides is 1. The maximum atomic E-state index is 13.0. The van der Waals surface area contributed by atoms with E-state index < -0.39 is 10.0 Å². The summed E-state index contributed by atoms with van der Waals surface area (Å²) in [6, 6.07) is 3.93. The van der Waals surface area contributed by atoms with Gasteiger partial charge in [-0.15, -0.1) is 0 Å². The topological polar surface area (TPSA) is 49.9 Å². The Bertz CT molecular complexity index is 646. The molecule has 1 saturated heterocycles. The highest BCUT2D eigenvalue weighted by Crippen LogP contribution is 2.29. The Hall–Kier alpha value is -1.11. The van der Waals surface area contributed by atoms with Crippen molar-refractivity contribution in [2.45, 2.75) is 44.7 Å². The van der Waals surface area contributed by atoms with Crippen LogP contribution in [0.1, 0.15) is 25.0 Å². The molecule has 2 rings (SSSR count). The van der Waals surface area contributed by atoms with E-state index in [0.717, 1.165) is 16.9 Å². The monoisotopic (exact) mass is 326 g/mol. The van der Waals surface area contributed by atoms with Crippen LogP contribution in [0.3, 0.4) is 0 Å². The number of piperazine rings is 1. The molecular weight excluding hydrogens is 300 g/mol. The number of nitrogens with zero attached hydrogens (tertiary/aromatic N) is 2. The number of hydrogen-bond acceptors (Lipinski definition) is 4. The lowest BCUT2D eigenvalue weighted by Crippen LogP contribution is -2.56. The summed E-state index contributed by atoms with van der Waals surface area (Å²) >= 11 is 0. The third kappa shape index (κ3) is 3.00. The van der Waals surface area contributed by atoms with Crippen LogP contribution in [0.5, 0.6) is 5.75 Å². The summed E-state index contributed by atoms with van der Waals surface area (Å²) < 4.78 is 32.9. The first kappa shape index (κ1) is 17.2.